The number of pyridine rings is 1. The fourth-order valence-electron chi connectivity index (χ4n) is 2.16. The van der Waals surface area contributed by atoms with E-state index in [-0.39, 0.29) is 0 Å². The maximum Gasteiger partial charge on any atom is 0.163 e. The molecular weight excluding hydrogens is 212 g/mol. The van der Waals surface area contributed by atoms with Crippen LogP contribution in [0.5, 0.6) is 0 Å². The standard InChI is InChI=1S/C13H18N4/c1-17-7-4-11(5-8-17)10-16-12-3-2-6-15-13(12)9-14/h2-3,6,11,16H,4-5,7-8,10H2,1H3. The first kappa shape index (κ1) is 11.9. The van der Waals surface area contributed by atoms with Gasteiger partial charge in [0.05, 0.1) is 5.69 Å². The Kier molecular flexibility index (Phi) is 3.94. The van der Waals surface area contributed by atoms with E-state index >= 15 is 0 Å². The number of rotatable bonds is 3. The summed E-state index contributed by atoms with van der Waals surface area (Å²) in [6.45, 7) is 3.28. The van der Waals surface area contributed by atoms with Crippen molar-refractivity contribution in [2.24, 2.45) is 5.92 Å². The Balaban J connectivity index is 1.88. The average molecular weight is 230 g/mol. The van der Waals surface area contributed by atoms with E-state index in [0.29, 0.717) is 11.6 Å². The minimum Gasteiger partial charge on any atom is -0.382 e. The van der Waals surface area contributed by atoms with Gasteiger partial charge in [-0.2, -0.15) is 5.26 Å². The van der Waals surface area contributed by atoms with E-state index in [1.807, 2.05) is 12.1 Å². The second kappa shape index (κ2) is 5.65. The summed E-state index contributed by atoms with van der Waals surface area (Å²) in [5.74, 6) is 0.706. The van der Waals surface area contributed by atoms with Crippen LogP contribution in [-0.4, -0.2) is 36.6 Å². The number of anilines is 1. The molecular formula is C13H18N4. The molecule has 0 atom stereocenters. The number of nitrogens with one attached hydrogen (secondary N) is 1. The number of nitriles is 1. The maximum absolute atomic E-state index is 8.93. The minimum absolute atomic E-state index is 0.487. The van der Waals surface area contributed by atoms with Crippen LogP contribution in [0.3, 0.4) is 0 Å². The second-order valence-electron chi connectivity index (χ2n) is 4.64. The zero-order valence-electron chi connectivity index (χ0n) is 10.2. The fourth-order valence-corrected chi connectivity index (χ4v) is 2.16. The molecule has 17 heavy (non-hydrogen) atoms. The van der Waals surface area contributed by atoms with Crippen molar-refractivity contribution in [3.8, 4) is 6.07 Å². The van der Waals surface area contributed by atoms with Gasteiger partial charge in [-0.3, -0.25) is 0 Å². The van der Waals surface area contributed by atoms with Crippen molar-refractivity contribution in [3.05, 3.63) is 24.0 Å². The molecule has 4 heteroatoms. The first-order valence-corrected chi connectivity index (χ1v) is 6.07. The molecule has 0 aromatic carbocycles. The van der Waals surface area contributed by atoms with Crippen LogP contribution in [0.1, 0.15) is 18.5 Å². The SMILES string of the molecule is CN1CCC(CNc2cccnc2C#N)CC1. The number of aromatic nitrogens is 1. The summed E-state index contributed by atoms with van der Waals surface area (Å²) in [6.07, 6.45) is 4.11. The van der Waals surface area contributed by atoms with Crippen LogP contribution in [0, 0.1) is 17.2 Å². The van der Waals surface area contributed by atoms with Gasteiger partial charge in [0, 0.05) is 12.7 Å². The third-order valence-electron chi connectivity index (χ3n) is 3.33. The van der Waals surface area contributed by atoms with E-state index in [4.69, 9.17) is 5.26 Å². The molecule has 0 radical (unpaired) electrons. The highest BCUT2D eigenvalue weighted by Gasteiger charge is 2.16. The predicted molar refractivity (Wildman–Crippen MR) is 67.7 cm³/mol. The largest absolute Gasteiger partial charge is 0.382 e. The van der Waals surface area contributed by atoms with Crippen molar-refractivity contribution in [2.75, 3.05) is 32.0 Å². The first-order valence-electron chi connectivity index (χ1n) is 6.07. The fraction of sp³-hybridized carbons (Fsp3) is 0.538. The number of likely N-dealkylation sites (tertiary alicyclic amines) is 1. The molecule has 1 aliphatic heterocycles. The Labute approximate surface area is 102 Å². The number of hydrogen-bond donors (Lipinski definition) is 1. The molecule has 90 valence electrons. The van der Waals surface area contributed by atoms with Crippen LogP contribution < -0.4 is 5.32 Å². The molecule has 1 aromatic heterocycles. The van der Waals surface area contributed by atoms with Gasteiger partial charge in [0.1, 0.15) is 6.07 Å². The summed E-state index contributed by atoms with van der Waals surface area (Å²) in [5, 5.41) is 12.3. The minimum atomic E-state index is 0.487. The maximum atomic E-state index is 8.93. The average Bonchev–Trinajstić information content (AvgIpc) is 2.38. The molecule has 0 aliphatic carbocycles. The van der Waals surface area contributed by atoms with Crippen LogP contribution in [-0.2, 0) is 0 Å². The molecule has 1 saturated heterocycles. The van der Waals surface area contributed by atoms with Crippen molar-refractivity contribution in [2.45, 2.75) is 12.8 Å². The molecule has 1 aromatic rings. The lowest BCUT2D eigenvalue weighted by molar-refractivity contribution is 0.226. The molecule has 1 fully saturated rings. The van der Waals surface area contributed by atoms with Gasteiger partial charge in [-0.15, -0.1) is 0 Å². The van der Waals surface area contributed by atoms with Crippen molar-refractivity contribution >= 4 is 5.69 Å². The highest BCUT2D eigenvalue weighted by molar-refractivity contribution is 5.53. The number of hydrogen-bond acceptors (Lipinski definition) is 4. The Bertz CT molecular complexity index is 402. The zero-order chi connectivity index (χ0) is 12.1. The summed E-state index contributed by atoms with van der Waals surface area (Å²) in [6, 6.07) is 5.88. The first-order chi connectivity index (χ1) is 8.29. The summed E-state index contributed by atoms with van der Waals surface area (Å²) < 4.78 is 0. The van der Waals surface area contributed by atoms with Crippen LogP contribution in [0.25, 0.3) is 0 Å². The van der Waals surface area contributed by atoms with E-state index in [1.54, 1.807) is 6.20 Å². The highest BCUT2D eigenvalue weighted by Crippen LogP contribution is 2.18. The molecule has 2 heterocycles. The summed E-state index contributed by atoms with van der Waals surface area (Å²) in [7, 11) is 2.17. The van der Waals surface area contributed by atoms with E-state index in [2.05, 4.69) is 28.3 Å². The normalized spacial score (nSPS) is 17.6. The summed E-state index contributed by atoms with van der Waals surface area (Å²) >= 11 is 0. The molecule has 1 aliphatic rings. The van der Waals surface area contributed by atoms with Crippen LogP contribution >= 0.6 is 0 Å². The molecule has 0 spiro atoms. The lowest BCUT2D eigenvalue weighted by atomic mass is 9.97. The third-order valence-corrected chi connectivity index (χ3v) is 3.33. The zero-order valence-corrected chi connectivity index (χ0v) is 10.2. The van der Waals surface area contributed by atoms with Crippen LogP contribution in [0.15, 0.2) is 18.3 Å². The Morgan fingerprint density at radius 1 is 1.53 bits per heavy atom. The summed E-state index contributed by atoms with van der Waals surface area (Å²) in [4.78, 5) is 6.40. The number of nitrogens with zero attached hydrogens (tertiary/aromatic N) is 3. The molecule has 2 rings (SSSR count). The van der Waals surface area contributed by atoms with Gasteiger partial charge in [0.2, 0.25) is 0 Å². The third kappa shape index (κ3) is 3.18. The van der Waals surface area contributed by atoms with Crippen molar-refractivity contribution in [1.82, 2.24) is 9.88 Å². The summed E-state index contributed by atoms with van der Waals surface area (Å²) in [5.41, 5.74) is 1.34. The van der Waals surface area contributed by atoms with Gasteiger partial charge in [0.25, 0.3) is 0 Å². The van der Waals surface area contributed by atoms with E-state index in [0.717, 1.165) is 12.2 Å². The molecule has 4 nitrogen and oxygen atoms in total. The monoisotopic (exact) mass is 230 g/mol. The van der Waals surface area contributed by atoms with Gasteiger partial charge in [-0.25, -0.2) is 4.98 Å². The smallest absolute Gasteiger partial charge is 0.163 e. The van der Waals surface area contributed by atoms with Gasteiger partial charge in [-0.1, -0.05) is 0 Å². The lowest BCUT2D eigenvalue weighted by Crippen LogP contribution is -2.33. The lowest BCUT2D eigenvalue weighted by Gasteiger charge is -2.29. The second-order valence-corrected chi connectivity index (χ2v) is 4.64. The van der Waals surface area contributed by atoms with Crippen molar-refractivity contribution < 1.29 is 0 Å². The Morgan fingerprint density at radius 3 is 3.00 bits per heavy atom. The number of piperidine rings is 1. The predicted octanol–water partition coefficient (Wildman–Crippen LogP) is 1.71. The van der Waals surface area contributed by atoms with Gasteiger partial charge < -0.3 is 10.2 Å². The highest BCUT2D eigenvalue weighted by atomic mass is 15.1. The molecule has 0 unspecified atom stereocenters. The van der Waals surface area contributed by atoms with Gasteiger partial charge in [-0.05, 0) is 51.0 Å². The Hall–Kier alpha value is -1.60. The van der Waals surface area contributed by atoms with Crippen LogP contribution in [0.2, 0.25) is 0 Å². The molecule has 0 saturated carbocycles. The Morgan fingerprint density at radius 2 is 2.29 bits per heavy atom. The quantitative estimate of drug-likeness (QED) is 0.858. The van der Waals surface area contributed by atoms with Crippen LogP contribution in [0.4, 0.5) is 5.69 Å². The van der Waals surface area contributed by atoms with Gasteiger partial charge in [0.15, 0.2) is 5.69 Å². The van der Waals surface area contributed by atoms with E-state index in [1.165, 1.54) is 25.9 Å². The van der Waals surface area contributed by atoms with Gasteiger partial charge >= 0.3 is 0 Å². The molecule has 0 amide bonds. The molecule has 1 N–H and O–H groups in total. The van der Waals surface area contributed by atoms with Crippen molar-refractivity contribution in [1.29, 1.82) is 5.26 Å². The van der Waals surface area contributed by atoms with E-state index < -0.39 is 0 Å². The molecule has 0 bridgehead atoms. The topological polar surface area (TPSA) is 52.0 Å². The van der Waals surface area contributed by atoms with Crippen molar-refractivity contribution in [3.63, 3.8) is 0 Å². The van der Waals surface area contributed by atoms with E-state index in [9.17, 15) is 0 Å².